The number of rotatable bonds is 4. The van der Waals surface area contributed by atoms with Gasteiger partial charge in [-0.1, -0.05) is 53.3 Å². The number of carbonyl (C=O) groups is 1. The third-order valence-corrected chi connectivity index (χ3v) is 6.98. The molecule has 2 aromatic carbocycles. The topological polar surface area (TPSA) is 70.8 Å². The molecular formula is C24H22ClN5O2S. The van der Waals surface area contributed by atoms with E-state index in [0.29, 0.717) is 40.3 Å². The fourth-order valence-corrected chi connectivity index (χ4v) is 5.11. The molecule has 1 saturated heterocycles. The molecular weight excluding hydrogens is 458 g/mol. The average molecular weight is 480 g/mol. The molecule has 2 aromatic heterocycles. The molecule has 7 nitrogen and oxygen atoms in total. The fourth-order valence-electron chi connectivity index (χ4n) is 4.00. The number of hydrogen-bond acceptors (Lipinski definition) is 6. The Hall–Kier alpha value is -3.07. The van der Waals surface area contributed by atoms with E-state index < -0.39 is 0 Å². The van der Waals surface area contributed by atoms with E-state index in [0.717, 1.165) is 29.8 Å². The van der Waals surface area contributed by atoms with Crippen LogP contribution in [0.4, 0.5) is 0 Å². The number of halogens is 1. The van der Waals surface area contributed by atoms with Gasteiger partial charge in [0.2, 0.25) is 4.96 Å². The summed E-state index contributed by atoms with van der Waals surface area (Å²) in [5.41, 5.74) is 3.11. The first-order valence-electron chi connectivity index (χ1n) is 10.7. The lowest BCUT2D eigenvalue weighted by Crippen LogP contribution is -2.48. The van der Waals surface area contributed by atoms with Crippen molar-refractivity contribution in [1.82, 2.24) is 24.4 Å². The summed E-state index contributed by atoms with van der Waals surface area (Å²) in [5, 5.41) is 5.74. The van der Waals surface area contributed by atoms with Crippen LogP contribution in [0.2, 0.25) is 5.02 Å². The van der Waals surface area contributed by atoms with Crippen molar-refractivity contribution < 1.29 is 4.79 Å². The standard InChI is InChI=1S/C24H22ClN5O2S/c1-16-5-2-3-8-20(16)23(32)29-11-9-28(10-12-29)15-19-14-21(31)30-24(26-19)33-22(27-30)17-6-4-7-18(25)13-17/h2-8,13-14H,9-12,15H2,1H3. The van der Waals surface area contributed by atoms with E-state index in [9.17, 15) is 9.59 Å². The van der Waals surface area contributed by atoms with Crippen molar-refractivity contribution in [2.24, 2.45) is 0 Å². The fraction of sp³-hybridized carbons (Fsp3) is 0.250. The van der Waals surface area contributed by atoms with Crippen LogP contribution in [0.15, 0.2) is 59.4 Å². The van der Waals surface area contributed by atoms with Gasteiger partial charge in [-0.25, -0.2) is 4.98 Å². The Bertz CT molecular complexity index is 1390. The Morgan fingerprint density at radius 3 is 2.61 bits per heavy atom. The van der Waals surface area contributed by atoms with Gasteiger partial charge >= 0.3 is 0 Å². The van der Waals surface area contributed by atoms with E-state index in [1.807, 2.05) is 54.3 Å². The van der Waals surface area contributed by atoms with E-state index in [4.69, 9.17) is 11.6 Å². The molecule has 1 aliphatic heterocycles. The number of amides is 1. The first kappa shape index (κ1) is 21.8. The maximum absolute atomic E-state index is 12.9. The predicted molar refractivity (Wildman–Crippen MR) is 130 cm³/mol. The van der Waals surface area contributed by atoms with Crippen molar-refractivity contribution in [3.05, 3.63) is 86.8 Å². The van der Waals surface area contributed by atoms with Gasteiger partial charge in [0.15, 0.2) is 0 Å². The van der Waals surface area contributed by atoms with E-state index >= 15 is 0 Å². The summed E-state index contributed by atoms with van der Waals surface area (Å²) in [4.78, 5) is 34.9. The Balaban J connectivity index is 1.29. The van der Waals surface area contributed by atoms with Crippen molar-refractivity contribution in [2.45, 2.75) is 13.5 Å². The van der Waals surface area contributed by atoms with Gasteiger partial charge in [0.1, 0.15) is 5.01 Å². The Morgan fingerprint density at radius 1 is 1.06 bits per heavy atom. The highest BCUT2D eigenvalue weighted by Gasteiger charge is 2.23. The largest absolute Gasteiger partial charge is 0.336 e. The summed E-state index contributed by atoms with van der Waals surface area (Å²) in [5.74, 6) is 0.0729. The Labute approximate surface area is 199 Å². The summed E-state index contributed by atoms with van der Waals surface area (Å²) in [6, 6.07) is 16.6. The van der Waals surface area contributed by atoms with Gasteiger partial charge in [-0.05, 0) is 30.7 Å². The van der Waals surface area contributed by atoms with Gasteiger partial charge in [-0.15, -0.1) is 0 Å². The van der Waals surface area contributed by atoms with Gasteiger partial charge in [-0.2, -0.15) is 9.61 Å². The van der Waals surface area contributed by atoms with Gasteiger partial charge in [-0.3, -0.25) is 14.5 Å². The molecule has 5 rings (SSSR count). The lowest BCUT2D eigenvalue weighted by Gasteiger charge is -2.34. The highest BCUT2D eigenvalue weighted by molar-refractivity contribution is 7.19. The van der Waals surface area contributed by atoms with Crippen molar-refractivity contribution in [2.75, 3.05) is 26.2 Å². The number of fused-ring (bicyclic) bond motifs is 1. The summed E-state index contributed by atoms with van der Waals surface area (Å²) < 4.78 is 1.34. The highest BCUT2D eigenvalue weighted by atomic mass is 35.5. The molecule has 0 N–H and O–H groups in total. The molecule has 0 atom stereocenters. The maximum atomic E-state index is 12.9. The zero-order valence-corrected chi connectivity index (χ0v) is 19.6. The van der Waals surface area contributed by atoms with E-state index in [1.165, 1.54) is 15.9 Å². The molecule has 0 bridgehead atoms. The van der Waals surface area contributed by atoms with E-state index in [2.05, 4.69) is 15.0 Å². The van der Waals surface area contributed by atoms with Crippen LogP contribution in [-0.2, 0) is 6.54 Å². The second-order valence-corrected chi connectivity index (χ2v) is 9.47. The smallest absolute Gasteiger partial charge is 0.275 e. The minimum absolute atomic E-state index is 0.0729. The molecule has 3 heterocycles. The summed E-state index contributed by atoms with van der Waals surface area (Å²) in [6.45, 7) is 5.27. The number of nitrogens with zero attached hydrogens (tertiary/aromatic N) is 5. The molecule has 0 spiro atoms. The lowest BCUT2D eigenvalue weighted by molar-refractivity contribution is 0.0626. The summed E-state index contributed by atoms with van der Waals surface area (Å²) in [6.07, 6.45) is 0. The number of piperazine rings is 1. The van der Waals surface area contributed by atoms with Crippen molar-refractivity contribution in [1.29, 1.82) is 0 Å². The zero-order valence-electron chi connectivity index (χ0n) is 18.1. The second kappa shape index (κ2) is 9.05. The van der Waals surface area contributed by atoms with Gasteiger partial charge in [0.05, 0.1) is 5.69 Å². The van der Waals surface area contributed by atoms with Crippen molar-refractivity contribution in [3.63, 3.8) is 0 Å². The molecule has 0 aliphatic carbocycles. The van der Waals surface area contributed by atoms with Crippen LogP contribution in [-0.4, -0.2) is 56.5 Å². The van der Waals surface area contributed by atoms with Gasteiger partial charge in [0.25, 0.3) is 11.5 Å². The molecule has 33 heavy (non-hydrogen) atoms. The summed E-state index contributed by atoms with van der Waals surface area (Å²) >= 11 is 7.46. The molecule has 1 amide bonds. The normalized spacial score (nSPS) is 14.7. The second-order valence-electron chi connectivity index (χ2n) is 8.08. The number of aromatic nitrogens is 3. The third kappa shape index (κ3) is 4.55. The number of carbonyl (C=O) groups excluding carboxylic acids is 1. The Morgan fingerprint density at radius 2 is 1.85 bits per heavy atom. The third-order valence-electron chi connectivity index (χ3n) is 5.79. The zero-order chi connectivity index (χ0) is 22.9. The number of hydrogen-bond donors (Lipinski definition) is 0. The number of aryl methyl sites for hydroxylation is 1. The van der Waals surface area contributed by atoms with Crippen LogP contribution in [0.1, 0.15) is 21.6 Å². The molecule has 1 fully saturated rings. The van der Waals surface area contributed by atoms with Crippen LogP contribution < -0.4 is 5.56 Å². The van der Waals surface area contributed by atoms with Crippen LogP contribution in [0.25, 0.3) is 15.5 Å². The van der Waals surface area contributed by atoms with Crippen LogP contribution in [0.3, 0.4) is 0 Å². The monoisotopic (exact) mass is 479 g/mol. The first-order valence-corrected chi connectivity index (χ1v) is 11.9. The molecule has 168 valence electrons. The van der Waals surface area contributed by atoms with E-state index in [1.54, 1.807) is 12.1 Å². The predicted octanol–water partition coefficient (Wildman–Crippen LogP) is 3.74. The highest BCUT2D eigenvalue weighted by Crippen LogP contribution is 2.26. The lowest BCUT2D eigenvalue weighted by atomic mass is 10.1. The maximum Gasteiger partial charge on any atom is 0.275 e. The quantitative estimate of drug-likeness (QED) is 0.446. The molecule has 1 aliphatic rings. The average Bonchev–Trinajstić information content (AvgIpc) is 3.24. The molecule has 9 heteroatoms. The van der Waals surface area contributed by atoms with Crippen LogP contribution >= 0.6 is 22.9 Å². The van der Waals surface area contributed by atoms with E-state index in [-0.39, 0.29) is 11.5 Å². The van der Waals surface area contributed by atoms with Crippen LogP contribution in [0.5, 0.6) is 0 Å². The molecule has 0 saturated carbocycles. The van der Waals surface area contributed by atoms with Gasteiger partial charge < -0.3 is 4.90 Å². The van der Waals surface area contributed by atoms with Crippen LogP contribution in [0, 0.1) is 6.92 Å². The van der Waals surface area contributed by atoms with Crippen molar-refractivity contribution >= 4 is 33.8 Å². The molecule has 0 radical (unpaired) electrons. The SMILES string of the molecule is Cc1ccccc1C(=O)N1CCN(Cc2cc(=O)n3nc(-c4cccc(Cl)c4)sc3n2)CC1. The number of benzene rings is 2. The molecule has 4 aromatic rings. The van der Waals surface area contributed by atoms with Crippen molar-refractivity contribution in [3.8, 4) is 10.6 Å². The minimum Gasteiger partial charge on any atom is -0.336 e. The molecule has 0 unspecified atom stereocenters. The van der Waals surface area contributed by atoms with Gasteiger partial charge in [0, 0.05) is 54.9 Å². The Kier molecular flexibility index (Phi) is 5.97. The summed E-state index contributed by atoms with van der Waals surface area (Å²) in [7, 11) is 0. The minimum atomic E-state index is -0.201. The first-order chi connectivity index (χ1) is 16.0.